The molecule has 0 saturated carbocycles. The van der Waals surface area contributed by atoms with E-state index in [-0.39, 0.29) is 17.7 Å². The van der Waals surface area contributed by atoms with Gasteiger partial charge in [-0.3, -0.25) is 9.59 Å². The lowest BCUT2D eigenvalue weighted by Gasteiger charge is -2.33. The van der Waals surface area contributed by atoms with Gasteiger partial charge >= 0.3 is 0 Å². The van der Waals surface area contributed by atoms with E-state index in [1.165, 1.54) is 11.1 Å². The van der Waals surface area contributed by atoms with Crippen LogP contribution in [-0.4, -0.2) is 36.4 Å². The second-order valence-corrected chi connectivity index (χ2v) is 7.21. The molecule has 2 aromatic carbocycles. The first-order valence-electron chi connectivity index (χ1n) is 9.30. The summed E-state index contributed by atoms with van der Waals surface area (Å²) in [5.41, 5.74) is 2.96. The fraction of sp³-hybridized carbons (Fsp3) is 0.364. The summed E-state index contributed by atoms with van der Waals surface area (Å²) in [4.78, 5) is 27.6. The Morgan fingerprint density at radius 2 is 1.81 bits per heavy atom. The molecule has 0 saturated heterocycles. The van der Waals surface area contributed by atoms with Gasteiger partial charge in [-0.15, -0.1) is 0 Å². The molecule has 5 heteroatoms. The number of amides is 2. The lowest BCUT2D eigenvalue weighted by Crippen LogP contribution is -2.52. The van der Waals surface area contributed by atoms with Crippen LogP contribution in [0.5, 0.6) is 5.75 Å². The molecular formula is C22H26N2O3. The topological polar surface area (TPSA) is 58.6 Å². The van der Waals surface area contributed by atoms with Gasteiger partial charge in [-0.1, -0.05) is 44.2 Å². The van der Waals surface area contributed by atoms with E-state index in [4.69, 9.17) is 4.74 Å². The predicted octanol–water partition coefficient (Wildman–Crippen LogP) is 3.03. The average molecular weight is 366 g/mol. The highest BCUT2D eigenvalue weighted by atomic mass is 16.5. The van der Waals surface area contributed by atoms with Gasteiger partial charge in [0.15, 0.2) is 0 Å². The summed E-state index contributed by atoms with van der Waals surface area (Å²) in [6, 6.07) is 14.6. The Hall–Kier alpha value is -2.82. The number of benzene rings is 2. The highest BCUT2D eigenvalue weighted by Crippen LogP contribution is 2.20. The lowest BCUT2D eigenvalue weighted by atomic mass is 9.97. The Bertz CT molecular complexity index is 832. The quantitative estimate of drug-likeness (QED) is 0.885. The molecule has 1 heterocycles. The maximum absolute atomic E-state index is 13.1. The zero-order chi connectivity index (χ0) is 19.4. The molecule has 1 atom stereocenters. The number of rotatable bonds is 5. The largest absolute Gasteiger partial charge is 0.497 e. The van der Waals surface area contributed by atoms with Gasteiger partial charge in [-0.2, -0.15) is 0 Å². The Morgan fingerprint density at radius 3 is 2.52 bits per heavy atom. The number of nitrogens with zero attached hydrogens (tertiary/aromatic N) is 1. The van der Waals surface area contributed by atoms with Crippen molar-refractivity contribution in [2.75, 3.05) is 13.7 Å². The zero-order valence-electron chi connectivity index (χ0n) is 16.1. The van der Waals surface area contributed by atoms with Crippen LogP contribution in [0.2, 0.25) is 0 Å². The molecule has 3 rings (SSSR count). The van der Waals surface area contributed by atoms with Crippen LogP contribution < -0.4 is 10.1 Å². The zero-order valence-corrected chi connectivity index (χ0v) is 16.1. The van der Waals surface area contributed by atoms with Gasteiger partial charge in [-0.05, 0) is 41.7 Å². The standard InChI is InChI=1S/C22H26N2O3/c1-15(2)20(23-21(25)17-9-6-10-19(13-17)27-3)22(26)24-12-11-16-7-4-5-8-18(16)14-24/h4-10,13,15,20H,11-12,14H2,1-3H3,(H,23,25)/t20-/m1/s1. The molecular weight excluding hydrogens is 340 g/mol. The summed E-state index contributed by atoms with van der Waals surface area (Å²) in [5.74, 6) is 0.307. The molecule has 27 heavy (non-hydrogen) atoms. The van der Waals surface area contributed by atoms with Crippen molar-refractivity contribution in [3.63, 3.8) is 0 Å². The molecule has 142 valence electrons. The third-order valence-corrected chi connectivity index (χ3v) is 4.99. The maximum atomic E-state index is 13.1. The molecule has 0 aliphatic carbocycles. The molecule has 1 aliphatic rings. The van der Waals surface area contributed by atoms with Crippen LogP contribution in [0.3, 0.4) is 0 Å². The molecule has 0 unspecified atom stereocenters. The highest BCUT2D eigenvalue weighted by Gasteiger charge is 2.30. The van der Waals surface area contributed by atoms with Crippen molar-refractivity contribution in [3.05, 3.63) is 65.2 Å². The highest BCUT2D eigenvalue weighted by molar-refractivity contribution is 5.98. The second-order valence-electron chi connectivity index (χ2n) is 7.21. The number of hydrogen-bond acceptors (Lipinski definition) is 3. The van der Waals surface area contributed by atoms with E-state index in [9.17, 15) is 9.59 Å². The summed E-state index contributed by atoms with van der Waals surface area (Å²) >= 11 is 0. The number of fused-ring (bicyclic) bond motifs is 1. The summed E-state index contributed by atoms with van der Waals surface area (Å²) in [6.45, 7) is 5.17. The van der Waals surface area contributed by atoms with Crippen LogP contribution in [0, 0.1) is 5.92 Å². The first kappa shape index (κ1) is 19.0. The smallest absolute Gasteiger partial charge is 0.252 e. The van der Waals surface area contributed by atoms with Gasteiger partial charge in [0.2, 0.25) is 5.91 Å². The Balaban J connectivity index is 1.73. The molecule has 5 nitrogen and oxygen atoms in total. The van der Waals surface area contributed by atoms with Gasteiger partial charge in [0, 0.05) is 18.7 Å². The summed E-state index contributed by atoms with van der Waals surface area (Å²) < 4.78 is 5.18. The second kappa shape index (κ2) is 8.25. The van der Waals surface area contributed by atoms with Gasteiger partial charge in [0.1, 0.15) is 11.8 Å². The minimum atomic E-state index is -0.561. The van der Waals surface area contributed by atoms with Gasteiger partial charge in [0.25, 0.3) is 5.91 Å². The van der Waals surface area contributed by atoms with Crippen LogP contribution >= 0.6 is 0 Å². The summed E-state index contributed by atoms with van der Waals surface area (Å²) in [6.07, 6.45) is 0.844. The van der Waals surface area contributed by atoms with Crippen LogP contribution in [0.25, 0.3) is 0 Å². The Labute approximate surface area is 160 Å². The van der Waals surface area contributed by atoms with Crippen molar-refractivity contribution >= 4 is 11.8 Å². The average Bonchev–Trinajstić information content (AvgIpc) is 2.70. The van der Waals surface area contributed by atoms with Crippen LogP contribution in [-0.2, 0) is 17.8 Å². The van der Waals surface area contributed by atoms with Gasteiger partial charge in [-0.25, -0.2) is 0 Å². The molecule has 1 N–H and O–H groups in total. The fourth-order valence-electron chi connectivity index (χ4n) is 3.38. The van der Waals surface area contributed by atoms with Gasteiger partial charge < -0.3 is 15.0 Å². The SMILES string of the molecule is COc1cccc(C(=O)N[C@@H](C(=O)N2CCc3ccccc3C2)C(C)C)c1. The molecule has 0 spiro atoms. The minimum Gasteiger partial charge on any atom is -0.497 e. The molecule has 2 amide bonds. The number of nitrogens with one attached hydrogen (secondary N) is 1. The summed E-state index contributed by atoms with van der Waals surface area (Å²) in [7, 11) is 1.56. The normalized spacial score (nSPS) is 14.4. The predicted molar refractivity (Wildman–Crippen MR) is 105 cm³/mol. The molecule has 0 fully saturated rings. The third-order valence-electron chi connectivity index (χ3n) is 4.99. The number of carbonyl (C=O) groups excluding carboxylic acids is 2. The molecule has 2 aromatic rings. The van der Waals surface area contributed by atoms with E-state index < -0.39 is 6.04 Å². The summed E-state index contributed by atoms with van der Waals surface area (Å²) in [5, 5.41) is 2.92. The lowest BCUT2D eigenvalue weighted by molar-refractivity contribution is -0.135. The van der Waals surface area contributed by atoms with Crippen molar-refractivity contribution in [1.29, 1.82) is 0 Å². The van der Waals surface area contributed by atoms with Crippen molar-refractivity contribution in [2.45, 2.75) is 32.9 Å². The van der Waals surface area contributed by atoms with Gasteiger partial charge in [0.05, 0.1) is 7.11 Å². The molecule has 0 aromatic heterocycles. The van der Waals surface area contributed by atoms with E-state index in [0.29, 0.717) is 24.4 Å². The first-order chi connectivity index (χ1) is 13.0. The number of carbonyl (C=O) groups is 2. The maximum Gasteiger partial charge on any atom is 0.252 e. The molecule has 0 bridgehead atoms. The first-order valence-corrected chi connectivity index (χ1v) is 9.30. The number of ether oxygens (including phenoxy) is 1. The van der Waals surface area contributed by atoms with Crippen molar-refractivity contribution in [2.24, 2.45) is 5.92 Å². The Morgan fingerprint density at radius 1 is 1.07 bits per heavy atom. The van der Waals surface area contributed by atoms with E-state index in [2.05, 4.69) is 17.4 Å². The van der Waals surface area contributed by atoms with E-state index >= 15 is 0 Å². The van der Waals surface area contributed by atoms with Crippen molar-refractivity contribution < 1.29 is 14.3 Å². The van der Waals surface area contributed by atoms with Crippen LogP contribution in [0.1, 0.15) is 35.3 Å². The van der Waals surface area contributed by atoms with Crippen molar-refractivity contribution in [1.82, 2.24) is 10.2 Å². The minimum absolute atomic E-state index is 0.00997. The third kappa shape index (κ3) is 4.30. The number of methoxy groups -OCH3 is 1. The number of hydrogen-bond donors (Lipinski definition) is 1. The van der Waals surface area contributed by atoms with Crippen LogP contribution in [0.4, 0.5) is 0 Å². The molecule has 0 radical (unpaired) electrons. The fourth-order valence-corrected chi connectivity index (χ4v) is 3.38. The Kier molecular flexibility index (Phi) is 5.79. The van der Waals surface area contributed by atoms with E-state index in [0.717, 1.165) is 6.42 Å². The molecule has 1 aliphatic heterocycles. The monoisotopic (exact) mass is 366 g/mol. The van der Waals surface area contributed by atoms with Crippen molar-refractivity contribution in [3.8, 4) is 5.75 Å². The van der Waals surface area contributed by atoms with E-state index in [1.807, 2.05) is 30.9 Å². The van der Waals surface area contributed by atoms with Crippen LogP contribution in [0.15, 0.2) is 48.5 Å². The van der Waals surface area contributed by atoms with E-state index in [1.54, 1.807) is 31.4 Å².